The van der Waals surface area contributed by atoms with Gasteiger partial charge in [-0.2, -0.15) is 5.26 Å². The van der Waals surface area contributed by atoms with Crippen molar-refractivity contribution in [3.05, 3.63) is 240 Å². The first-order chi connectivity index (χ1) is 34.6. The van der Waals surface area contributed by atoms with Crippen LogP contribution in [0.4, 0.5) is 22.7 Å². The van der Waals surface area contributed by atoms with Crippen molar-refractivity contribution in [3.63, 3.8) is 0 Å². The van der Waals surface area contributed by atoms with Gasteiger partial charge in [-0.1, -0.05) is 96.7 Å². The quantitative estimate of drug-likeness (QED) is 0.164. The normalized spacial score (nSPS) is 14.9. The lowest BCUT2D eigenvalue weighted by Gasteiger charge is -2.39. The molecule has 0 N–H and O–H groups in total. The van der Waals surface area contributed by atoms with Gasteiger partial charge >= 0.3 is 0 Å². The highest BCUT2D eigenvalue weighted by atomic mass is 32.2. The van der Waals surface area contributed by atoms with Crippen molar-refractivity contribution < 1.29 is 4.74 Å². The van der Waals surface area contributed by atoms with Gasteiger partial charge in [-0.15, -0.1) is 0 Å². The van der Waals surface area contributed by atoms with E-state index >= 15 is 0 Å². The van der Waals surface area contributed by atoms with Crippen molar-refractivity contribution in [1.29, 1.82) is 5.26 Å². The summed E-state index contributed by atoms with van der Waals surface area (Å²) >= 11 is 1.70. The van der Waals surface area contributed by atoms with Crippen LogP contribution in [0.15, 0.2) is 210 Å². The smallest absolute Gasteiger partial charge is 0.188 e. The number of hydrogen-bond acceptors (Lipinski definition) is 6. The third kappa shape index (κ3) is 5.13. The number of anilines is 3. The molecule has 8 aromatic carbocycles. The molecule has 1 unspecified atom stereocenters. The molecule has 0 saturated heterocycles. The Kier molecular flexibility index (Phi) is 7.90. The number of hydrogen-bond donors (Lipinski definition) is 0. The minimum atomic E-state index is -0.816. The van der Waals surface area contributed by atoms with Crippen LogP contribution in [-0.2, 0) is 5.41 Å². The maximum atomic E-state index is 9.79. The van der Waals surface area contributed by atoms with Crippen molar-refractivity contribution in [2.45, 2.75) is 15.2 Å². The maximum absolute atomic E-state index is 9.79. The fourth-order valence-corrected chi connectivity index (χ4v) is 12.7. The molecule has 1 spiro atoms. The van der Waals surface area contributed by atoms with Crippen molar-refractivity contribution in [3.8, 4) is 40.3 Å². The Hall–Kier alpha value is -9.41. The molecule has 1 atom stereocenters. The number of rotatable bonds is 3. The second-order valence-corrected chi connectivity index (χ2v) is 19.0. The van der Waals surface area contributed by atoms with Crippen molar-refractivity contribution in [1.82, 2.24) is 19.1 Å². The van der Waals surface area contributed by atoms with E-state index in [1.807, 2.05) is 48.8 Å². The monoisotopic (exact) mass is 911 g/mol. The molecular formula is C61H33N7OS. The standard InChI is InChI=1S/C61H33N7OS/c1-63-37-21-26-51-43(30-37)41-11-2-6-16-50(41)68(51)40-32-48-60(65-35-40)59-47(14-10-28-64-59)61(48)45-13-4-8-18-55(45)69-56-33-39(22-24-46(56)61)66-49-15-5-3-12-42(49)44-31-38(23-27-52(44)66)67-53-17-7-9-19-57(53)70-58-29-36(34-62)20-25-54(58)67/h2-33,35H. The molecule has 9 heteroatoms. The molecule has 15 rings (SSSR count). The molecule has 3 aliphatic rings. The molecule has 0 amide bonds. The van der Waals surface area contributed by atoms with Gasteiger partial charge in [0.15, 0.2) is 5.69 Å². The summed E-state index contributed by atoms with van der Waals surface area (Å²) in [5.41, 5.74) is 15.5. The molecule has 1 aliphatic carbocycles. The number of nitriles is 1. The van der Waals surface area contributed by atoms with Crippen LogP contribution in [0.25, 0.3) is 71.2 Å². The van der Waals surface area contributed by atoms with Gasteiger partial charge in [0, 0.05) is 66.3 Å². The fourth-order valence-electron chi connectivity index (χ4n) is 11.6. The van der Waals surface area contributed by atoms with E-state index in [4.69, 9.17) is 21.3 Å². The van der Waals surface area contributed by atoms with Crippen LogP contribution in [0.3, 0.4) is 0 Å². The van der Waals surface area contributed by atoms with Crippen LogP contribution in [-0.4, -0.2) is 19.1 Å². The summed E-state index contributed by atoms with van der Waals surface area (Å²) in [6, 6.07) is 68.0. The molecule has 6 heterocycles. The van der Waals surface area contributed by atoms with E-state index in [9.17, 15) is 5.26 Å². The second-order valence-electron chi connectivity index (χ2n) is 17.9. The number of aromatic nitrogens is 4. The predicted molar refractivity (Wildman–Crippen MR) is 278 cm³/mol. The van der Waals surface area contributed by atoms with Gasteiger partial charge < -0.3 is 18.8 Å². The summed E-state index contributed by atoms with van der Waals surface area (Å²) in [6.45, 7) is 7.77. The average molecular weight is 912 g/mol. The third-order valence-corrected chi connectivity index (χ3v) is 15.6. The second kappa shape index (κ2) is 14.3. The van der Waals surface area contributed by atoms with Gasteiger partial charge in [-0.05, 0) is 108 Å². The molecule has 324 valence electrons. The first-order valence-electron chi connectivity index (χ1n) is 23.0. The highest BCUT2D eigenvalue weighted by Crippen LogP contribution is 2.62. The summed E-state index contributed by atoms with van der Waals surface area (Å²) in [5.74, 6) is 1.53. The molecule has 70 heavy (non-hydrogen) atoms. The summed E-state index contributed by atoms with van der Waals surface area (Å²) < 4.78 is 11.7. The van der Waals surface area contributed by atoms with Gasteiger partial charge in [0.25, 0.3) is 0 Å². The van der Waals surface area contributed by atoms with E-state index in [0.29, 0.717) is 11.3 Å². The number of fused-ring (bicyclic) bond motifs is 17. The topological polar surface area (TPSA) is 76.3 Å². The molecule has 0 bridgehead atoms. The first-order valence-corrected chi connectivity index (χ1v) is 23.9. The Morgan fingerprint density at radius 2 is 1.19 bits per heavy atom. The molecule has 12 aromatic rings. The summed E-state index contributed by atoms with van der Waals surface area (Å²) in [6.07, 6.45) is 3.81. The van der Waals surface area contributed by atoms with Crippen LogP contribution < -0.4 is 9.64 Å². The summed E-state index contributed by atoms with van der Waals surface area (Å²) in [5, 5.41) is 14.2. The summed E-state index contributed by atoms with van der Waals surface area (Å²) in [4.78, 5) is 18.6. The number of pyridine rings is 2. The van der Waals surface area contributed by atoms with Crippen LogP contribution in [0, 0.1) is 17.9 Å². The van der Waals surface area contributed by atoms with Gasteiger partial charge in [0.1, 0.15) is 11.5 Å². The summed E-state index contributed by atoms with van der Waals surface area (Å²) in [7, 11) is 0. The molecule has 2 aliphatic heterocycles. The van der Waals surface area contributed by atoms with E-state index in [-0.39, 0.29) is 0 Å². The zero-order chi connectivity index (χ0) is 46.2. The Bertz CT molecular complexity index is 4380. The van der Waals surface area contributed by atoms with E-state index in [1.165, 1.54) is 0 Å². The highest BCUT2D eigenvalue weighted by molar-refractivity contribution is 7.99. The van der Waals surface area contributed by atoms with Crippen LogP contribution in [0.2, 0.25) is 0 Å². The van der Waals surface area contributed by atoms with Crippen LogP contribution >= 0.6 is 11.8 Å². The Morgan fingerprint density at radius 1 is 0.514 bits per heavy atom. The first kappa shape index (κ1) is 38.7. The van der Waals surface area contributed by atoms with Crippen LogP contribution in [0.5, 0.6) is 11.5 Å². The predicted octanol–water partition coefficient (Wildman–Crippen LogP) is 15.5. The third-order valence-electron chi connectivity index (χ3n) is 14.5. The van der Waals surface area contributed by atoms with E-state index in [1.54, 1.807) is 11.8 Å². The number of ether oxygens (including phenoxy) is 1. The molecule has 0 saturated carbocycles. The molecule has 8 nitrogen and oxygen atoms in total. The average Bonchev–Trinajstić information content (AvgIpc) is 4.03. The van der Waals surface area contributed by atoms with Gasteiger partial charge in [0.2, 0.25) is 0 Å². The fraction of sp³-hybridized carbons (Fsp3) is 0.0164. The lowest BCUT2D eigenvalue weighted by atomic mass is 9.66. The van der Waals surface area contributed by atoms with Gasteiger partial charge in [0.05, 0.1) is 80.3 Å². The lowest BCUT2D eigenvalue weighted by Crippen LogP contribution is -2.32. The molecular weight excluding hydrogens is 879 g/mol. The van der Waals surface area contributed by atoms with E-state index in [0.717, 1.165) is 127 Å². The molecule has 0 radical (unpaired) electrons. The number of nitrogens with zero attached hydrogens (tertiary/aromatic N) is 7. The SMILES string of the molecule is [C-]#[N+]c1ccc2c(c1)c1ccccc1n2-c1cnc2c(c1)C1(c3ccccc3Oc3cc(-n4c5ccccc5c5cc(N6c7ccccc7Sc7cc(C#N)ccc76)ccc54)ccc31)c1cccnc1-2. The van der Waals surface area contributed by atoms with Gasteiger partial charge in [-0.25, -0.2) is 4.85 Å². The van der Waals surface area contributed by atoms with E-state index < -0.39 is 5.41 Å². The lowest BCUT2D eigenvalue weighted by molar-refractivity contribution is 0.436. The van der Waals surface area contributed by atoms with Crippen molar-refractivity contribution in [2.24, 2.45) is 0 Å². The Labute approximate surface area is 405 Å². The Balaban J connectivity index is 0.936. The van der Waals surface area contributed by atoms with Gasteiger partial charge in [-0.3, -0.25) is 9.97 Å². The van der Waals surface area contributed by atoms with Crippen molar-refractivity contribution >= 4 is 78.1 Å². The number of para-hydroxylation sites is 4. The van der Waals surface area contributed by atoms with Crippen LogP contribution in [0.1, 0.15) is 27.8 Å². The maximum Gasteiger partial charge on any atom is 0.188 e. The van der Waals surface area contributed by atoms with E-state index in [2.05, 4.69) is 177 Å². The highest BCUT2D eigenvalue weighted by Gasteiger charge is 2.52. The minimum Gasteiger partial charge on any atom is -0.457 e. The Morgan fingerprint density at radius 3 is 2.03 bits per heavy atom. The molecule has 0 fully saturated rings. The zero-order valence-corrected chi connectivity index (χ0v) is 37.8. The van der Waals surface area contributed by atoms with Crippen molar-refractivity contribution in [2.75, 3.05) is 4.90 Å². The largest absolute Gasteiger partial charge is 0.457 e. The number of benzene rings is 8. The minimum absolute atomic E-state index is 0.606. The molecule has 4 aromatic heterocycles. The zero-order valence-electron chi connectivity index (χ0n) is 37.0.